The summed E-state index contributed by atoms with van der Waals surface area (Å²) >= 11 is 0. The van der Waals surface area contributed by atoms with Gasteiger partial charge in [0, 0.05) is 11.1 Å². The Bertz CT molecular complexity index is 1940. The molecule has 0 heterocycles. The Morgan fingerprint density at radius 1 is 0.800 bits per heavy atom. The van der Waals surface area contributed by atoms with Crippen molar-refractivity contribution in [2.45, 2.75) is 25.7 Å². The molecule has 0 amide bonds. The topological polar surface area (TPSA) is 174 Å². The molecule has 2 aliphatic carbocycles. The first-order chi connectivity index (χ1) is 21.4. The molecule has 2 unspecified atom stereocenters. The number of carboxylic acid groups (broad SMARTS) is 2. The molecule has 2 aromatic rings. The van der Waals surface area contributed by atoms with E-state index >= 15 is 0 Å². The first kappa shape index (κ1) is 31.5. The van der Waals surface area contributed by atoms with Crippen LogP contribution in [0.2, 0.25) is 0 Å². The molecule has 3 N–H and O–H groups in total. The van der Waals surface area contributed by atoms with Gasteiger partial charge in [0.15, 0.2) is 17.3 Å². The van der Waals surface area contributed by atoms with E-state index in [0.29, 0.717) is 5.56 Å². The van der Waals surface area contributed by atoms with Gasteiger partial charge in [-0.1, -0.05) is 54.6 Å². The largest absolute Gasteiger partial charge is 0.511 e. The van der Waals surface area contributed by atoms with Crippen molar-refractivity contribution in [2.24, 2.45) is 0 Å². The predicted molar refractivity (Wildman–Crippen MR) is 161 cm³/mol. The maximum absolute atomic E-state index is 13.4. The molecule has 2 aromatic carbocycles. The fourth-order valence-electron chi connectivity index (χ4n) is 5.16. The molecular formula is C35H24N2O8. The van der Waals surface area contributed by atoms with Crippen molar-refractivity contribution in [3.8, 4) is 6.07 Å². The van der Waals surface area contributed by atoms with Gasteiger partial charge in [0.1, 0.15) is 23.7 Å². The Balaban J connectivity index is 1.66. The zero-order chi connectivity index (χ0) is 33.0. The van der Waals surface area contributed by atoms with Gasteiger partial charge in [-0.3, -0.25) is 9.59 Å². The van der Waals surface area contributed by atoms with Crippen LogP contribution in [-0.2, 0) is 14.4 Å². The third kappa shape index (κ3) is 5.94. The first-order valence-electron chi connectivity index (χ1n) is 13.4. The molecule has 10 heteroatoms. The lowest BCUT2D eigenvalue weighted by atomic mass is 9.78. The number of allylic oxidation sites excluding steroid dienone is 12. The number of hydrogen-bond acceptors (Lipinski definition) is 7. The summed E-state index contributed by atoms with van der Waals surface area (Å²) in [5, 5.41) is 39.1. The summed E-state index contributed by atoms with van der Waals surface area (Å²) in [7, 11) is 0. The molecule has 4 rings (SSSR count). The maximum Gasteiger partial charge on any atom is 0.335 e. The van der Waals surface area contributed by atoms with Gasteiger partial charge < -0.3 is 20.1 Å². The minimum absolute atomic E-state index is 0.00564. The predicted octanol–water partition coefficient (Wildman–Crippen LogP) is 5.57. The van der Waals surface area contributed by atoms with Gasteiger partial charge in [0.2, 0.25) is 5.70 Å². The molecule has 0 fully saturated rings. The van der Waals surface area contributed by atoms with Gasteiger partial charge in [-0.2, -0.15) is 5.26 Å². The highest BCUT2D eigenvalue weighted by molar-refractivity contribution is 6.25. The van der Waals surface area contributed by atoms with Gasteiger partial charge >= 0.3 is 11.9 Å². The van der Waals surface area contributed by atoms with Crippen LogP contribution in [-0.4, -0.2) is 44.6 Å². The van der Waals surface area contributed by atoms with Crippen molar-refractivity contribution in [1.82, 2.24) is 0 Å². The summed E-state index contributed by atoms with van der Waals surface area (Å²) in [6, 6.07) is 12.6. The molecule has 2 aliphatic rings. The molecule has 2 atom stereocenters. The number of aliphatic hydroxyl groups is 1. The summed E-state index contributed by atoms with van der Waals surface area (Å²) in [6.07, 6.45) is 7.44. The summed E-state index contributed by atoms with van der Waals surface area (Å²) in [4.78, 5) is 65.3. The fourth-order valence-corrected chi connectivity index (χ4v) is 5.16. The van der Waals surface area contributed by atoms with Crippen LogP contribution in [0.15, 0.2) is 118 Å². The number of nitriles is 1. The quantitative estimate of drug-likeness (QED) is 0.159. The molecule has 0 saturated carbocycles. The van der Waals surface area contributed by atoms with Crippen LogP contribution in [0, 0.1) is 17.9 Å². The second-order valence-corrected chi connectivity index (χ2v) is 10.1. The zero-order valence-corrected chi connectivity index (χ0v) is 23.9. The van der Waals surface area contributed by atoms with Gasteiger partial charge in [0.05, 0.1) is 23.3 Å². The number of hydrogen-bond donors (Lipinski definition) is 3. The maximum atomic E-state index is 13.4. The standard InChI is InChI=1S/C35H24N2O8/c1-18-24(30(38)27(32(40)26(18)17-36)20-9-13-22(14-10-20)34(42)43)7-5-4-6-8-25-19(2)29(37-3)33(41)28(31(25)39)21-11-15-23(16-12-21)35(44)45/h4-16,27-28,38H,1-2H3,(H,42,43)(H,44,45)/b6-4?,7-5?,25-8-. The van der Waals surface area contributed by atoms with E-state index in [-0.39, 0.29) is 56.0 Å². The number of rotatable bonds is 7. The summed E-state index contributed by atoms with van der Waals surface area (Å²) in [5.41, 5.74) is 0.974. The van der Waals surface area contributed by atoms with Crippen LogP contribution in [0.5, 0.6) is 0 Å². The van der Waals surface area contributed by atoms with Crippen molar-refractivity contribution in [3.05, 3.63) is 152 Å². The Labute approximate surface area is 257 Å². The molecule has 0 spiro atoms. The number of benzene rings is 2. The lowest BCUT2D eigenvalue weighted by Gasteiger charge is -2.24. The van der Waals surface area contributed by atoms with Crippen molar-refractivity contribution in [2.75, 3.05) is 0 Å². The monoisotopic (exact) mass is 600 g/mol. The SMILES string of the molecule is [C-]#[N+]C1=C(C)/C(=C/C=CC=CC2=C(O)C(c3ccc(C(=O)O)cc3)C(=O)C(C#N)=C2C)C(=O)C(c2ccc(C(=O)O)cc2)C1=O. The number of nitrogens with zero attached hydrogens (tertiary/aromatic N) is 2. The van der Waals surface area contributed by atoms with Crippen LogP contribution < -0.4 is 0 Å². The van der Waals surface area contributed by atoms with Crippen molar-refractivity contribution in [1.29, 1.82) is 5.26 Å². The van der Waals surface area contributed by atoms with Crippen LogP contribution in [0.3, 0.4) is 0 Å². The van der Waals surface area contributed by atoms with Crippen LogP contribution in [0.25, 0.3) is 4.85 Å². The molecule has 0 radical (unpaired) electrons. The number of aromatic carboxylic acids is 2. The summed E-state index contributed by atoms with van der Waals surface area (Å²) in [5.74, 6) is -7.01. The first-order valence-corrected chi connectivity index (χ1v) is 13.4. The Morgan fingerprint density at radius 3 is 1.82 bits per heavy atom. The summed E-state index contributed by atoms with van der Waals surface area (Å²) in [6.45, 7) is 10.5. The minimum atomic E-state index is -1.31. The second kappa shape index (κ2) is 12.9. The lowest BCUT2D eigenvalue weighted by molar-refractivity contribution is -0.125. The third-order valence-electron chi connectivity index (χ3n) is 7.57. The number of ketones is 3. The molecule has 45 heavy (non-hydrogen) atoms. The lowest BCUT2D eigenvalue weighted by Crippen LogP contribution is -2.30. The van der Waals surface area contributed by atoms with E-state index in [1.165, 1.54) is 92.8 Å². The van der Waals surface area contributed by atoms with Crippen LogP contribution >= 0.6 is 0 Å². The normalized spacial score (nSPS) is 19.9. The smallest absolute Gasteiger partial charge is 0.335 e. The minimum Gasteiger partial charge on any atom is -0.511 e. The van der Waals surface area contributed by atoms with Crippen molar-refractivity contribution < 1.29 is 39.3 Å². The van der Waals surface area contributed by atoms with Gasteiger partial charge in [-0.25, -0.2) is 14.4 Å². The van der Waals surface area contributed by atoms with E-state index < -0.39 is 41.1 Å². The highest BCUT2D eigenvalue weighted by Crippen LogP contribution is 2.38. The molecule has 0 aromatic heterocycles. The van der Waals surface area contributed by atoms with E-state index in [9.17, 15) is 34.3 Å². The van der Waals surface area contributed by atoms with E-state index in [4.69, 9.17) is 16.8 Å². The van der Waals surface area contributed by atoms with E-state index in [1.54, 1.807) is 0 Å². The van der Waals surface area contributed by atoms with Gasteiger partial charge in [0.25, 0.3) is 0 Å². The van der Waals surface area contributed by atoms with Gasteiger partial charge in [-0.05, 0) is 60.4 Å². The van der Waals surface area contributed by atoms with E-state index in [1.807, 2.05) is 6.07 Å². The third-order valence-corrected chi connectivity index (χ3v) is 7.57. The van der Waals surface area contributed by atoms with E-state index in [2.05, 4.69) is 4.85 Å². The van der Waals surface area contributed by atoms with Crippen molar-refractivity contribution >= 4 is 29.3 Å². The summed E-state index contributed by atoms with van der Waals surface area (Å²) < 4.78 is 0. The number of carboxylic acids is 2. The molecule has 0 bridgehead atoms. The van der Waals surface area contributed by atoms with Crippen LogP contribution in [0.1, 0.15) is 57.5 Å². The molecule has 0 aliphatic heterocycles. The van der Waals surface area contributed by atoms with E-state index in [0.717, 1.165) is 0 Å². The van der Waals surface area contributed by atoms with Crippen LogP contribution in [0.4, 0.5) is 0 Å². The second-order valence-electron chi connectivity index (χ2n) is 10.1. The number of carbonyl (C=O) groups excluding carboxylic acids is 3. The zero-order valence-electron chi connectivity index (χ0n) is 23.9. The molecule has 0 saturated heterocycles. The number of carbonyl (C=O) groups is 5. The fraction of sp³-hybridized carbons (Fsp3) is 0.114. The van der Waals surface area contributed by atoms with Crippen molar-refractivity contribution in [3.63, 3.8) is 0 Å². The average Bonchev–Trinajstić information content (AvgIpc) is 3.01. The Hall–Kier alpha value is -6.39. The number of Topliss-reactive ketones (excluding diaryl/α,β-unsaturated/α-hetero) is 3. The molecule has 222 valence electrons. The molecular weight excluding hydrogens is 576 g/mol. The average molecular weight is 601 g/mol. The Kier molecular flexibility index (Phi) is 9.01. The molecule has 10 nitrogen and oxygen atoms in total. The highest BCUT2D eigenvalue weighted by atomic mass is 16.4. The van der Waals surface area contributed by atoms with Gasteiger partial charge in [-0.15, -0.1) is 0 Å². The number of aliphatic hydroxyl groups excluding tert-OH is 1. The Morgan fingerprint density at radius 2 is 1.33 bits per heavy atom. The highest BCUT2D eigenvalue weighted by Gasteiger charge is 2.39.